The van der Waals surface area contributed by atoms with Crippen LogP contribution in [0, 0.1) is 0 Å². The first-order valence-electron chi connectivity index (χ1n) is 7.76. The molecule has 130 valence electrons. The summed E-state index contributed by atoms with van der Waals surface area (Å²) in [5, 5.41) is 3.20. The van der Waals surface area contributed by atoms with E-state index in [0.717, 1.165) is 49.2 Å². The average molecular weight is 459 g/mol. The number of aliphatic imine (C=N–C) groups is 1. The Morgan fingerprint density at radius 2 is 1.96 bits per heavy atom. The minimum absolute atomic E-state index is 0. The van der Waals surface area contributed by atoms with Gasteiger partial charge in [0.15, 0.2) is 5.96 Å². The Morgan fingerprint density at radius 3 is 2.58 bits per heavy atom. The smallest absolute Gasteiger partial charge is 0.225 e. The number of anilines is 1. The number of aryl methyl sites for hydroxylation is 1. The fraction of sp³-hybridized carbons (Fsp3) is 0.467. The number of rotatable bonds is 4. The van der Waals surface area contributed by atoms with E-state index in [1.807, 2.05) is 6.07 Å². The van der Waals surface area contributed by atoms with Crippen LogP contribution < -0.4 is 10.6 Å². The lowest BCUT2D eigenvalue weighted by molar-refractivity contribution is 0.378. The first kappa shape index (κ1) is 18.8. The number of thiazole rings is 1. The number of guanidine groups is 1. The SMILES string of the molecule is CCc1nc(CN=C(N)N2CCN(c3ncccn3)CC2)cs1.I. The molecule has 2 aromatic rings. The molecule has 2 N–H and O–H groups in total. The molecule has 0 spiro atoms. The Bertz CT molecular complexity index is 653. The molecule has 9 heteroatoms. The van der Waals surface area contributed by atoms with Gasteiger partial charge >= 0.3 is 0 Å². The molecule has 2 aromatic heterocycles. The van der Waals surface area contributed by atoms with Gasteiger partial charge in [-0.3, -0.25) is 0 Å². The van der Waals surface area contributed by atoms with E-state index < -0.39 is 0 Å². The Labute approximate surface area is 163 Å². The summed E-state index contributed by atoms with van der Waals surface area (Å²) in [7, 11) is 0. The molecular weight excluding hydrogens is 437 g/mol. The maximum Gasteiger partial charge on any atom is 0.225 e. The summed E-state index contributed by atoms with van der Waals surface area (Å²) in [5.74, 6) is 1.36. The monoisotopic (exact) mass is 459 g/mol. The van der Waals surface area contributed by atoms with Gasteiger partial charge in [0.2, 0.25) is 5.95 Å². The summed E-state index contributed by atoms with van der Waals surface area (Å²) >= 11 is 1.68. The number of piperazine rings is 1. The second kappa shape index (κ2) is 9.11. The third kappa shape index (κ3) is 4.76. The zero-order valence-corrected chi connectivity index (χ0v) is 16.8. The maximum absolute atomic E-state index is 6.12. The van der Waals surface area contributed by atoms with E-state index in [4.69, 9.17) is 5.73 Å². The lowest BCUT2D eigenvalue weighted by Gasteiger charge is -2.35. The number of nitrogens with zero attached hydrogens (tertiary/aromatic N) is 6. The fourth-order valence-corrected chi connectivity index (χ4v) is 3.17. The standard InChI is InChI=1S/C15H21N7S.HI/c1-2-13-20-12(11-23-13)10-19-14(16)21-6-8-22(9-7-21)15-17-4-3-5-18-15;/h3-5,11H,2,6-10H2,1H3,(H2,16,19);1H. The third-order valence-corrected chi connectivity index (χ3v) is 4.79. The molecule has 7 nitrogen and oxygen atoms in total. The predicted molar refractivity (Wildman–Crippen MR) is 108 cm³/mol. The van der Waals surface area contributed by atoms with Crippen molar-refractivity contribution in [2.45, 2.75) is 19.9 Å². The predicted octanol–water partition coefficient (Wildman–Crippen LogP) is 1.75. The number of hydrogen-bond donors (Lipinski definition) is 1. The van der Waals surface area contributed by atoms with Crippen LogP contribution in [0.2, 0.25) is 0 Å². The molecule has 3 heterocycles. The van der Waals surface area contributed by atoms with E-state index >= 15 is 0 Å². The van der Waals surface area contributed by atoms with E-state index in [9.17, 15) is 0 Å². The lowest BCUT2D eigenvalue weighted by atomic mass is 10.3. The van der Waals surface area contributed by atoms with Gasteiger partial charge in [0.25, 0.3) is 0 Å². The Morgan fingerprint density at radius 1 is 1.25 bits per heavy atom. The number of halogens is 1. The number of hydrogen-bond acceptors (Lipinski definition) is 6. The van der Waals surface area contributed by atoms with Crippen molar-refractivity contribution in [2.24, 2.45) is 10.7 Å². The summed E-state index contributed by atoms with van der Waals surface area (Å²) in [6, 6.07) is 1.83. The van der Waals surface area contributed by atoms with E-state index in [0.29, 0.717) is 12.5 Å². The van der Waals surface area contributed by atoms with Crippen molar-refractivity contribution >= 4 is 47.2 Å². The van der Waals surface area contributed by atoms with E-state index in [1.165, 1.54) is 0 Å². The molecule has 0 aromatic carbocycles. The summed E-state index contributed by atoms with van der Waals surface area (Å²) in [4.78, 5) is 21.8. The van der Waals surface area contributed by atoms with Crippen molar-refractivity contribution in [2.75, 3.05) is 31.1 Å². The van der Waals surface area contributed by atoms with Gasteiger partial charge in [-0.1, -0.05) is 6.92 Å². The van der Waals surface area contributed by atoms with Crippen LogP contribution in [0.4, 0.5) is 5.95 Å². The summed E-state index contributed by atoms with van der Waals surface area (Å²) in [6.07, 6.45) is 4.50. The van der Waals surface area contributed by atoms with Crippen LogP contribution in [0.25, 0.3) is 0 Å². The average Bonchev–Trinajstić information content (AvgIpc) is 3.09. The molecule has 0 amide bonds. The van der Waals surface area contributed by atoms with Crippen LogP contribution in [-0.2, 0) is 13.0 Å². The zero-order chi connectivity index (χ0) is 16.1. The minimum atomic E-state index is 0. The molecule has 0 bridgehead atoms. The highest BCUT2D eigenvalue weighted by molar-refractivity contribution is 14.0. The van der Waals surface area contributed by atoms with Gasteiger partial charge in [-0.05, 0) is 12.5 Å². The summed E-state index contributed by atoms with van der Waals surface area (Å²) in [6.45, 7) is 5.99. The molecule has 1 aliphatic rings. The minimum Gasteiger partial charge on any atom is -0.370 e. The van der Waals surface area contributed by atoms with Crippen LogP contribution >= 0.6 is 35.3 Å². The van der Waals surface area contributed by atoms with Crippen LogP contribution in [0.3, 0.4) is 0 Å². The van der Waals surface area contributed by atoms with Crippen molar-refractivity contribution in [1.82, 2.24) is 19.9 Å². The van der Waals surface area contributed by atoms with Crippen molar-refractivity contribution in [3.05, 3.63) is 34.5 Å². The molecule has 1 saturated heterocycles. The highest BCUT2D eigenvalue weighted by Gasteiger charge is 2.19. The number of aromatic nitrogens is 3. The normalized spacial score (nSPS) is 15.3. The number of nitrogens with two attached hydrogens (primary N) is 1. The molecular formula is C15H22IN7S. The quantitative estimate of drug-likeness (QED) is 0.426. The second-order valence-corrected chi connectivity index (χ2v) is 6.23. The van der Waals surface area contributed by atoms with Crippen molar-refractivity contribution in [3.63, 3.8) is 0 Å². The van der Waals surface area contributed by atoms with E-state index in [2.05, 4.69) is 42.0 Å². The van der Waals surface area contributed by atoms with Gasteiger partial charge < -0.3 is 15.5 Å². The van der Waals surface area contributed by atoms with Gasteiger partial charge in [-0.25, -0.2) is 19.9 Å². The first-order chi connectivity index (χ1) is 11.3. The molecule has 0 aliphatic carbocycles. The molecule has 0 radical (unpaired) electrons. The van der Waals surface area contributed by atoms with Gasteiger partial charge in [-0.2, -0.15) is 0 Å². The molecule has 0 saturated carbocycles. The summed E-state index contributed by atoms with van der Waals surface area (Å²) in [5.41, 5.74) is 7.11. The van der Waals surface area contributed by atoms with Crippen molar-refractivity contribution in [1.29, 1.82) is 0 Å². The van der Waals surface area contributed by atoms with E-state index in [-0.39, 0.29) is 24.0 Å². The maximum atomic E-state index is 6.12. The molecule has 1 fully saturated rings. The first-order valence-corrected chi connectivity index (χ1v) is 8.64. The second-order valence-electron chi connectivity index (χ2n) is 5.28. The van der Waals surface area contributed by atoms with Gasteiger partial charge in [0.1, 0.15) is 0 Å². The highest BCUT2D eigenvalue weighted by Crippen LogP contribution is 2.12. The van der Waals surface area contributed by atoms with E-state index in [1.54, 1.807) is 23.7 Å². The lowest BCUT2D eigenvalue weighted by Crippen LogP contribution is -2.51. The van der Waals surface area contributed by atoms with Gasteiger partial charge in [0.05, 0.1) is 17.2 Å². The van der Waals surface area contributed by atoms with Crippen molar-refractivity contribution < 1.29 is 0 Å². The van der Waals surface area contributed by atoms with Crippen LogP contribution in [0.15, 0.2) is 28.8 Å². The highest BCUT2D eigenvalue weighted by atomic mass is 127. The molecule has 3 rings (SSSR count). The van der Waals surface area contributed by atoms with Crippen LogP contribution in [-0.4, -0.2) is 52.0 Å². The summed E-state index contributed by atoms with van der Waals surface area (Å²) < 4.78 is 0. The Kier molecular flexibility index (Phi) is 7.16. The molecule has 1 aliphatic heterocycles. The zero-order valence-electron chi connectivity index (χ0n) is 13.6. The Balaban J connectivity index is 0.00000208. The van der Waals surface area contributed by atoms with Crippen molar-refractivity contribution in [3.8, 4) is 0 Å². The topological polar surface area (TPSA) is 83.5 Å². The molecule has 0 unspecified atom stereocenters. The van der Waals surface area contributed by atoms with Crippen LogP contribution in [0.1, 0.15) is 17.6 Å². The third-order valence-electron chi connectivity index (χ3n) is 3.74. The largest absolute Gasteiger partial charge is 0.370 e. The molecule has 24 heavy (non-hydrogen) atoms. The van der Waals surface area contributed by atoms with Crippen LogP contribution in [0.5, 0.6) is 0 Å². The fourth-order valence-electron chi connectivity index (χ4n) is 2.44. The molecule has 0 atom stereocenters. The van der Waals surface area contributed by atoms with Gasteiger partial charge in [-0.15, -0.1) is 35.3 Å². The van der Waals surface area contributed by atoms with Gasteiger partial charge in [0, 0.05) is 44.0 Å². The Hall–Kier alpha value is -1.49.